The average Bonchev–Trinajstić information content (AvgIpc) is 3.31. The fraction of sp³-hybridized carbons (Fsp3) is 0.188. The third kappa shape index (κ3) is 2.68. The lowest BCUT2D eigenvalue weighted by molar-refractivity contribution is -0.498. The first-order valence-electron chi connectivity index (χ1n) is 6.98. The quantitative estimate of drug-likeness (QED) is 0.479. The summed E-state index contributed by atoms with van der Waals surface area (Å²) in [4.78, 5) is 33.4. The number of carbonyl (C=O) groups excluding carboxylic acids is 1. The molecule has 0 amide bonds. The highest BCUT2D eigenvalue weighted by Crippen LogP contribution is 2.51. The van der Waals surface area contributed by atoms with Crippen molar-refractivity contribution in [1.29, 1.82) is 0 Å². The molecule has 7 heteroatoms. The molecule has 2 aromatic carbocycles. The molecule has 1 saturated carbocycles. The Bertz CT molecular complexity index is 773. The molecule has 0 spiro atoms. The summed E-state index contributed by atoms with van der Waals surface area (Å²) >= 11 is 0. The third-order valence-corrected chi connectivity index (χ3v) is 4.08. The minimum Gasteiger partial charge on any atom is -0.294 e. The largest absolute Gasteiger partial charge is 0.294 e. The van der Waals surface area contributed by atoms with Gasteiger partial charge < -0.3 is 0 Å². The first kappa shape index (κ1) is 14.8. The molecule has 23 heavy (non-hydrogen) atoms. The predicted molar refractivity (Wildman–Crippen MR) is 80.9 cm³/mol. The minimum absolute atomic E-state index is 0.0852. The van der Waals surface area contributed by atoms with Crippen LogP contribution < -0.4 is 0 Å². The van der Waals surface area contributed by atoms with Crippen LogP contribution in [0.1, 0.15) is 21.8 Å². The zero-order chi connectivity index (χ0) is 16.6. The Kier molecular flexibility index (Phi) is 3.61. The number of hydrogen-bond donors (Lipinski definition) is 0. The monoisotopic (exact) mass is 312 g/mol. The summed E-state index contributed by atoms with van der Waals surface area (Å²) in [6.07, 6.45) is 0. The van der Waals surface area contributed by atoms with E-state index in [-0.39, 0.29) is 11.5 Å². The Morgan fingerprint density at radius 3 is 2.04 bits per heavy atom. The molecule has 0 aromatic heterocycles. The van der Waals surface area contributed by atoms with Gasteiger partial charge in [-0.1, -0.05) is 42.5 Å². The van der Waals surface area contributed by atoms with E-state index >= 15 is 0 Å². The highest BCUT2D eigenvalue weighted by molar-refractivity contribution is 6.01. The van der Waals surface area contributed by atoms with Crippen LogP contribution in [0.2, 0.25) is 0 Å². The Labute approximate surface area is 130 Å². The van der Waals surface area contributed by atoms with Gasteiger partial charge in [-0.25, -0.2) is 0 Å². The summed E-state index contributed by atoms with van der Waals surface area (Å²) in [5, 5.41) is 21.9. The fourth-order valence-electron chi connectivity index (χ4n) is 2.89. The van der Waals surface area contributed by atoms with Crippen molar-refractivity contribution < 1.29 is 14.6 Å². The minimum atomic E-state index is -0.982. The van der Waals surface area contributed by atoms with Gasteiger partial charge in [-0.15, -0.1) is 0 Å². The van der Waals surface area contributed by atoms with Crippen molar-refractivity contribution in [2.24, 2.45) is 5.92 Å². The normalized spacial score (nSPS) is 22.3. The number of rotatable bonds is 5. The lowest BCUT2D eigenvalue weighted by Gasteiger charge is -1.99. The number of carbonyl (C=O) groups is 1. The summed E-state index contributed by atoms with van der Waals surface area (Å²) in [6.45, 7) is 0. The van der Waals surface area contributed by atoms with Crippen molar-refractivity contribution in [2.75, 3.05) is 0 Å². The standard InChI is InChI=1S/C16H12N2O5/c19-16(11-4-2-1-3-5-11)14-13(15(14)18(22)23)10-6-8-12(9-7-10)17(20)21/h1-9,13-15H/t13-,14-,15+/m1/s1. The molecule has 0 aliphatic heterocycles. The van der Waals surface area contributed by atoms with Crippen LogP contribution in [0, 0.1) is 26.1 Å². The van der Waals surface area contributed by atoms with Gasteiger partial charge in [0.05, 0.1) is 10.8 Å². The van der Waals surface area contributed by atoms with Crippen LogP contribution in [0.3, 0.4) is 0 Å². The number of hydrogen-bond acceptors (Lipinski definition) is 5. The highest BCUT2D eigenvalue weighted by Gasteiger charge is 2.64. The van der Waals surface area contributed by atoms with E-state index < -0.39 is 27.7 Å². The Morgan fingerprint density at radius 2 is 1.52 bits per heavy atom. The Hall–Kier alpha value is -3.09. The van der Waals surface area contributed by atoms with Gasteiger partial charge >= 0.3 is 0 Å². The van der Waals surface area contributed by atoms with E-state index in [1.54, 1.807) is 30.3 Å². The van der Waals surface area contributed by atoms with Crippen LogP contribution in [0.25, 0.3) is 0 Å². The van der Waals surface area contributed by atoms with Gasteiger partial charge in [0.25, 0.3) is 5.69 Å². The average molecular weight is 312 g/mol. The summed E-state index contributed by atoms with van der Waals surface area (Å²) in [7, 11) is 0. The van der Waals surface area contributed by atoms with Gasteiger partial charge in [-0.3, -0.25) is 25.0 Å². The maximum Gasteiger partial charge on any atom is 0.269 e. The molecule has 0 N–H and O–H groups in total. The van der Waals surface area contributed by atoms with Crippen molar-refractivity contribution in [3.8, 4) is 0 Å². The molecule has 1 fully saturated rings. The zero-order valence-electron chi connectivity index (χ0n) is 11.9. The molecule has 0 heterocycles. The second-order valence-electron chi connectivity index (χ2n) is 5.41. The van der Waals surface area contributed by atoms with E-state index in [2.05, 4.69) is 0 Å². The lowest BCUT2D eigenvalue weighted by Crippen LogP contribution is -2.10. The van der Waals surface area contributed by atoms with Gasteiger partial charge in [-0.05, 0) is 5.56 Å². The maximum absolute atomic E-state index is 12.5. The molecule has 3 atom stereocenters. The van der Waals surface area contributed by atoms with Crippen molar-refractivity contribution in [3.63, 3.8) is 0 Å². The molecule has 0 saturated heterocycles. The molecule has 1 aliphatic carbocycles. The highest BCUT2D eigenvalue weighted by atomic mass is 16.6. The maximum atomic E-state index is 12.5. The molecular weight excluding hydrogens is 300 g/mol. The van der Waals surface area contributed by atoms with E-state index in [1.165, 1.54) is 24.3 Å². The topological polar surface area (TPSA) is 103 Å². The van der Waals surface area contributed by atoms with E-state index in [1.807, 2.05) is 0 Å². The number of non-ortho nitro benzene ring substituents is 1. The number of ketones is 1. The fourth-order valence-corrected chi connectivity index (χ4v) is 2.89. The SMILES string of the molecule is O=C(c1ccccc1)[C@@H]1[C@@H](c2ccc([N+](=O)[O-])cc2)[C@@H]1[N+](=O)[O-]. The number of nitro groups is 2. The van der Waals surface area contributed by atoms with E-state index in [0.29, 0.717) is 11.1 Å². The molecule has 0 unspecified atom stereocenters. The molecule has 0 bridgehead atoms. The molecule has 0 radical (unpaired) electrons. The van der Waals surface area contributed by atoms with Gasteiger partial charge in [0.2, 0.25) is 6.04 Å². The summed E-state index contributed by atoms with van der Waals surface area (Å²) in [6, 6.07) is 13.0. The molecule has 3 rings (SSSR count). The number of nitro benzene ring substituents is 1. The third-order valence-electron chi connectivity index (χ3n) is 4.08. The molecule has 1 aliphatic rings. The van der Waals surface area contributed by atoms with E-state index in [4.69, 9.17) is 0 Å². The summed E-state index contributed by atoms with van der Waals surface area (Å²) in [5.41, 5.74) is 0.929. The Balaban J connectivity index is 1.88. The molecule has 7 nitrogen and oxygen atoms in total. The number of benzene rings is 2. The van der Waals surface area contributed by atoms with Crippen LogP contribution in [0.5, 0.6) is 0 Å². The molecule has 2 aromatic rings. The van der Waals surface area contributed by atoms with Crippen LogP contribution in [-0.4, -0.2) is 21.7 Å². The van der Waals surface area contributed by atoms with Crippen LogP contribution in [0.4, 0.5) is 5.69 Å². The van der Waals surface area contributed by atoms with Crippen molar-refractivity contribution in [3.05, 3.63) is 86.0 Å². The number of Topliss-reactive ketones (excluding diaryl/α,β-unsaturated/α-hetero) is 1. The van der Waals surface area contributed by atoms with Crippen molar-refractivity contribution in [2.45, 2.75) is 12.0 Å². The van der Waals surface area contributed by atoms with Gasteiger partial charge in [-0.2, -0.15) is 0 Å². The van der Waals surface area contributed by atoms with Crippen LogP contribution in [0.15, 0.2) is 54.6 Å². The summed E-state index contributed by atoms with van der Waals surface area (Å²) in [5.74, 6) is -1.54. The second kappa shape index (κ2) is 5.60. The predicted octanol–water partition coefficient (Wildman–Crippen LogP) is 2.84. The van der Waals surface area contributed by atoms with Crippen molar-refractivity contribution in [1.82, 2.24) is 0 Å². The number of nitrogens with zero attached hydrogens (tertiary/aromatic N) is 2. The second-order valence-corrected chi connectivity index (χ2v) is 5.41. The Morgan fingerprint density at radius 1 is 0.913 bits per heavy atom. The van der Waals surface area contributed by atoms with Gasteiger partial charge in [0.1, 0.15) is 5.92 Å². The van der Waals surface area contributed by atoms with Gasteiger partial charge in [0.15, 0.2) is 5.78 Å². The van der Waals surface area contributed by atoms with Crippen LogP contribution in [-0.2, 0) is 0 Å². The van der Waals surface area contributed by atoms with E-state index in [0.717, 1.165) is 0 Å². The van der Waals surface area contributed by atoms with E-state index in [9.17, 15) is 25.0 Å². The van der Waals surface area contributed by atoms with Crippen molar-refractivity contribution >= 4 is 11.5 Å². The summed E-state index contributed by atoms with van der Waals surface area (Å²) < 4.78 is 0. The molecular formula is C16H12N2O5. The lowest BCUT2D eigenvalue weighted by atomic mass is 10.0. The van der Waals surface area contributed by atoms with Gasteiger partial charge in [0, 0.05) is 22.6 Å². The first-order chi connectivity index (χ1) is 11.0. The zero-order valence-corrected chi connectivity index (χ0v) is 11.9. The van der Waals surface area contributed by atoms with Crippen LogP contribution >= 0.6 is 0 Å². The first-order valence-corrected chi connectivity index (χ1v) is 6.98. The smallest absolute Gasteiger partial charge is 0.269 e. The molecule has 116 valence electrons.